The average molecular weight is 535 g/mol. The molecule has 2 heterocycles. The van der Waals surface area contributed by atoms with Crippen LogP contribution in [-0.2, 0) is 13.2 Å². The summed E-state index contributed by atoms with van der Waals surface area (Å²) < 4.78 is 58.2. The number of aromatic nitrogens is 4. The Labute approximate surface area is 220 Å². The number of nitrogens with zero attached hydrogens (tertiary/aromatic N) is 4. The number of fused-ring (bicyclic) bond motifs is 1. The van der Waals surface area contributed by atoms with Crippen LogP contribution in [-0.4, -0.2) is 32.7 Å². The Balaban J connectivity index is 1.36. The highest BCUT2D eigenvalue weighted by Crippen LogP contribution is 2.25. The fourth-order valence-corrected chi connectivity index (χ4v) is 3.72. The van der Waals surface area contributed by atoms with E-state index in [-0.39, 0.29) is 29.5 Å². The lowest BCUT2D eigenvalue weighted by molar-refractivity contribution is -0.115. The summed E-state index contributed by atoms with van der Waals surface area (Å²) in [6, 6.07) is 22.7. The molecule has 198 valence electrons. The van der Waals surface area contributed by atoms with Crippen molar-refractivity contribution in [3.8, 4) is 17.0 Å². The predicted molar refractivity (Wildman–Crippen MR) is 140 cm³/mol. The van der Waals surface area contributed by atoms with Gasteiger partial charge in [0, 0.05) is 12.1 Å². The van der Waals surface area contributed by atoms with E-state index in [1.807, 2.05) is 54.6 Å². The highest BCUT2D eigenvalue weighted by atomic mass is 19.4. The molecule has 0 spiro atoms. The van der Waals surface area contributed by atoms with Gasteiger partial charge in [-0.2, -0.15) is 23.1 Å². The fourth-order valence-electron chi connectivity index (χ4n) is 3.72. The summed E-state index contributed by atoms with van der Waals surface area (Å²) in [5, 5.41) is 5.33. The molecule has 0 atom stereocenters. The second-order valence-electron chi connectivity index (χ2n) is 8.57. The Hall–Kier alpha value is -4.80. The normalized spacial score (nSPS) is 11.4. The zero-order valence-corrected chi connectivity index (χ0v) is 20.4. The summed E-state index contributed by atoms with van der Waals surface area (Å²) in [6.07, 6.45) is -3.06. The van der Waals surface area contributed by atoms with Crippen LogP contribution in [0.2, 0.25) is 0 Å². The lowest BCUT2D eigenvalue weighted by Crippen LogP contribution is -2.22. The number of halogens is 4. The van der Waals surface area contributed by atoms with Crippen LogP contribution in [0.15, 0.2) is 85.1 Å². The molecule has 2 N–H and O–H groups in total. The van der Waals surface area contributed by atoms with Crippen molar-refractivity contribution in [1.29, 1.82) is 0 Å². The van der Waals surface area contributed by atoms with Gasteiger partial charge in [-0.25, -0.2) is 14.4 Å². The highest BCUT2D eigenvalue weighted by molar-refractivity contribution is 5.85. The molecular weight excluding hydrogens is 512 g/mol. The van der Waals surface area contributed by atoms with Gasteiger partial charge in [0.1, 0.15) is 24.7 Å². The molecule has 0 fully saturated rings. The van der Waals surface area contributed by atoms with E-state index in [0.29, 0.717) is 23.6 Å². The number of hydrogen-bond donors (Lipinski definition) is 2. The fraction of sp³-hybridized carbons (Fsp3) is 0.143. The summed E-state index contributed by atoms with van der Waals surface area (Å²) in [6.45, 7) is -0.617. The molecule has 3 aromatic carbocycles. The van der Waals surface area contributed by atoms with Gasteiger partial charge in [-0.1, -0.05) is 42.5 Å². The molecule has 0 aliphatic heterocycles. The quantitative estimate of drug-likeness (QED) is 0.212. The predicted octanol–water partition coefficient (Wildman–Crippen LogP) is 6.39. The van der Waals surface area contributed by atoms with E-state index in [0.717, 1.165) is 11.1 Å². The van der Waals surface area contributed by atoms with Crippen molar-refractivity contribution in [2.45, 2.75) is 19.3 Å². The number of anilines is 2. The first-order valence-corrected chi connectivity index (χ1v) is 11.9. The smallest absolute Gasteiger partial charge is 0.405 e. The first kappa shape index (κ1) is 25.8. The van der Waals surface area contributed by atoms with Crippen LogP contribution in [0.1, 0.15) is 11.1 Å². The summed E-state index contributed by atoms with van der Waals surface area (Å²) in [4.78, 5) is 17.3. The molecule has 5 rings (SSSR count). The molecule has 0 radical (unpaired) electrons. The van der Waals surface area contributed by atoms with Crippen LogP contribution < -0.4 is 15.4 Å². The van der Waals surface area contributed by atoms with Gasteiger partial charge >= 0.3 is 6.18 Å². The lowest BCUT2D eigenvalue weighted by atomic mass is 10.1. The zero-order chi connectivity index (χ0) is 27.2. The summed E-state index contributed by atoms with van der Waals surface area (Å²) >= 11 is 0. The third-order valence-corrected chi connectivity index (χ3v) is 5.60. The molecule has 0 amide bonds. The molecule has 0 saturated heterocycles. The molecule has 0 unspecified atom stereocenters. The van der Waals surface area contributed by atoms with Crippen LogP contribution in [0.4, 0.5) is 29.3 Å². The highest BCUT2D eigenvalue weighted by Gasteiger charge is 2.27. The van der Waals surface area contributed by atoms with Crippen molar-refractivity contribution in [2.24, 2.45) is 0 Å². The molecule has 0 aliphatic carbocycles. The van der Waals surface area contributed by atoms with E-state index in [1.54, 1.807) is 0 Å². The Kier molecular flexibility index (Phi) is 7.48. The Morgan fingerprint density at radius 1 is 0.795 bits per heavy atom. The number of hydrogen-bond acceptors (Lipinski definition) is 7. The third-order valence-electron chi connectivity index (χ3n) is 5.60. The molecule has 2 aromatic heterocycles. The van der Waals surface area contributed by atoms with E-state index >= 15 is 0 Å². The maximum atomic E-state index is 13.3. The zero-order valence-electron chi connectivity index (χ0n) is 20.4. The van der Waals surface area contributed by atoms with E-state index in [9.17, 15) is 17.6 Å². The van der Waals surface area contributed by atoms with Crippen molar-refractivity contribution in [3.05, 3.63) is 102 Å². The summed E-state index contributed by atoms with van der Waals surface area (Å²) in [5.74, 6) is 0.194. The first-order valence-electron chi connectivity index (χ1n) is 11.9. The van der Waals surface area contributed by atoms with E-state index in [4.69, 9.17) is 4.74 Å². The lowest BCUT2D eigenvalue weighted by Gasteiger charge is -2.13. The van der Waals surface area contributed by atoms with Crippen molar-refractivity contribution >= 4 is 22.9 Å². The minimum atomic E-state index is -4.48. The van der Waals surface area contributed by atoms with Crippen molar-refractivity contribution < 1.29 is 22.3 Å². The number of ether oxygens (including phenoxy) is 1. The van der Waals surface area contributed by atoms with Gasteiger partial charge in [-0.15, -0.1) is 0 Å². The average Bonchev–Trinajstić information content (AvgIpc) is 2.94. The van der Waals surface area contributed by atoms with E-state index < -0.39 is 18.5 Å². The van der Waals surface area contributed by atoms with Crippen molar-refractivity contribution in [1.82, 2.24) is 19.9 Å². The molecule has 11 heteroatoms. The Bertz CT molecular complexity index is 1560. The molecule has 0 bridgehead atoms. The number of nitrogens with one attached hydrogen (secondary N) is 2. The van der Waals surface area contributed by atoms with E-state index in [1.165, 1.54) is 30.5 Å². The minimum absolute atomic E-state index is 0.0583. The second kappa shape index (κ2) is 11.3. The van der Waals surface area contributed by atoms with Crippen LogP contribution in [0, 0.1) is 5.82 Å². The van der Waals surface area contributed by atoms with Crippen molar-refractivity contribution in [2.75, 3.05) is 17.2 Å². The number of rotatable bonds is 9. The van der Waals surface area contributed by atoms with Gasteiger partial charge in [-0.05, 0) is 47.5 Å². The van der Waals surface area contributed by atoms with Gasteiger partial charge in [0.25, 0.3) is 0 Å². The van der Waals surface area contributed by atoms with Crippen LogP contribution >= 0.6 is 0 Å². The molecule has 39 heavy (non-hydrogen) atoms. The Morgan fingerprint density at radius 2 is 1.56 bits per heavy atom. The summed E-state index contributed by atoms with van der Waals surface area (Å²) in [5.41, 5.74) is 2.93. The maximum absolute atomic E-state index is 13.3. The topological polar surface area (TPSA) is 84.9 Å². The second-order valence-corrected chi connectivity index (χ2v) is 8.57. The monoisotopic (exact) mass is 534 g/mol. The van der Waals surface area contributed by atoms with Gasteiger partial charge in [0.15, 0.2) is 17.0 Å². The maximum Gasteiger partial charge on any atom is 0.405 e. The van der Waals surface area contributed by atoms with Crippen molar-refractivity contribution in [3.63, 3.8) is 0 Å². The van der Waals surface area contributed by atoms with E-state index in [2.05, 4.69) is 30.6 Å². The Morgan fingerprint density at radius 3 is 2.33 bits per heavy atom. The van der Waals surface area contributed by atoms with Gasteiger partial charge < -0.3 is 15.4 Å². The van der Waals surface area contributed by atoms with Gasteiger partial charge in [-0.3, -0.25) is 0 Å². The SMILES string of the molecule is Fc1ccc(-c2cnc3nc(NCc4cccc(OCc5ccccc5)c4)nc(NCC(F)(F)F)c3n2)cc1. The van der Waals surface area contributed by atoms with Gasteiger partial charge in [0.2, 0.25) is 5.95 Å². The molecular formula is C28H22F4N6O. The largest absolute Gasteiger partial charge is 0.489 e. The molecule has 5 aromatic rings. The molecule has 0 saturated carbocycles. The van der Waals surface area contributed by atoms with Crippen LogP contribution in [0.3, 0.4) is 0 Å². The van der Waals surface area contributed by atoms with Gasteiger partial charge in [0.05, 0.1) is 11.9 Å². The standard InChI is InChI=1S/C28H22F4N6O/c29-21-11-9-20(10-12-21)23-15-33-25-24(36-23)26(35-17-28(30,31)32)38-27(37-25)34-14-19-7-4-8-22(13-19)39-16-18-5-2-1-3-6-18/h1-13,15H,14,16-17H2,(H2,33,34,35,37,38). The molecule has 7 nitrogen and oxygen atoms in total. The number of benzene rings is 3. The first-order chi connectivity index (χ1) is 18.8. The third kappa shape index (κ3) is 6.95. The minimum Gasteiger partial charge on any atom is -0.489 e. The van der Waals surface area contributed by atoms with Crippen LogP contribution in [0.5, 0.6) is 5.75 Å². The summed E-state index contributed by atoms with van der Waals surface area (Å²) in [7, 11) is 0. The number of alkyl halides is 3. The van der Waals surface area contributed by atoms with Crippen LogP contribution in [0.25, 0.3) is 22.4 Å². The molecule has 0 aliphatic rings.